The SMILES string of the molecule is CCCCCC(C)C(C)C(=O)OC. The summed E-state index contributed by atoms with van der Waals surface area (Å²) < 4.78 is 4.70. The van der Waals surface area contributed by atoms with Crippen LogP contribution in [0.4, 0.5) is 0 Å². The highest BCUT2D eigenvalue weighted by Gasteiger charge is 2.19. The summed E-state index contributed by atoms with van der Waals surface area (Å²) in [6.45, 7) is 6.26. The molecule has 0 aliphatic heterocycles. The van der Waals surface area contributed by atoms with Crippen LogP contribution in [0.1, 0.15) is 46.5 Å². The number of hydrogen-bond donors (Lipinski definition) is 0. The Hall–Kier alpha value is -0.530. The number of unbranched alkanes of at least 4 members (excludes halogenated alkanes) is 2. The lowest BCUT2D eigenvalue weighted by atomic mass is 9.91. The first-order chi connectivity index (χ1) is 6.13. The number of methoxy groups -OCH3 is 1. The van der Waals surface area contributed by atoms with E-state index < -0.39 is 0 Å². The molecule has 0 aromatic rings. The molecule has 0 heterocycles. The minimum Gasteiger partial charge on any atom is -0.469 e. The van der Waals surface area contributed by atoms with Gasteiger partial charge in [-0.05, 0) is 12.3 Å². The van der Waals surface area contributed by atoms with Gasteiger partial charge in [0.2, 0.25) is 0 Å². The number of carbonyl (C=O) groups excluding carboxylic acids is 1. The van der Waals surface area contributed by atoms with Gasteiger partial charge in [0.05, 0.1) is 13.0 Å². The third-order valence-electron chi connectivity index (χ3n) is 2.69. The van der Waals surface area contributed by atoms with Crippen LogP contribution in [-0.2, 0) is 9.53 Å². The molecule has 0 spiro atoms. The molecule has 0 aliphatic carbocycles. The third-order valence-corrected chi connectivity index (χ3v) is 2.69. The third kappa shape index (κ3) is 4.91. The van der Waals surface area contributed by atoms with Crippen molar-refractivity contribution < 1.29 is 9.53 Å². The highest BCUT2D eigenvalue weighted by atomic mass is 16.5. The predicted molar refractivity (Wildman–Crippen MR) is 54.5 cm³/mol. The Morgan fingerprint density at radius 2 is 1.92 bits per heavy atom. The molecule has 13 heavy (non-hydrogen) atoms. The van der Waals surface area contributed by atoms with E-state index in [9.17, 15) is 4.79 Å². The van der Waals surface area contributed by atoms with Crippen LogP contribution in [0.5, 0.6) is 0 Å². The maximum absolute atomic E-state index is 11.2. The van der Waals surface area contributed by atoms with Gasteiger partial charge in [0.1, 0.15) is 0 Å². The Morgan fingerprint density at radius 1 is 1.31 bits per heavy atom. The first kappa shape index (κ1) is 12.5. The Bertz CT molecular complexity index is 143. The largest absolute Gasteiger partial charge is 0.469 e. The van der Waals surface area contributed by atoms with Crippen molar-refractivity contribution in [2.24, 2.45) is 11.8 Å². The van der Waals surface area contributed by atoms with Crippen LogP contribution in [0.2, 0.25) is 0 Å². The monoisotopic (exact) mass is 186 g/mol. The van der Waals surface area contributed by atoms with Gasteiger partial charge >= 0.3 is 5.97 Å². The smallest absolute Gasteiger partial charge is 0.308 e. The molecule has 0 aromatic carbocycles. The summed E-state index contributed by atoms with van der Waals surface area (Å²) in [6.07, 6.45) is 4.85. The van der Waals surface area contributed by atoms with Crippen molar-refractivity contribution in [2.45, 2.75) is 46.5 Å². The minimum absolute atomic E-state index is 0.0434. The summed E-state index contributed by atoms with van der Waals surface area (Å²) in [5.74, 6) is 0.407. The van der Waals surface area contributed by atoms with Gasteiger partial charge in [-0.25, -0.2) is 0 Å². The average molecular weight is 186 g/mol. The molecule has 2 heteroatoms. The normalized spacial score (nSPS) is 15.1. The van der Waals surface area contributed by atoms with Gasteiger partial charge in [0.15, 0.2) is 0 Å². The van der Waals surface area contributed by atoms with Crippen molar-refractivity contribution in [3.8, 4) is 0 Å². The lowest BCUT2D eigenvalue weighted by Crippen LogP contribution is -2.20. The quantitative estimate of drug-likeness (QED) is 0.471. The molecule has 0 aliphatic rings. The molecule has 0 saturated carbocycles. The summed E-state index contributed by atoms with van der Waals surface area (Å²) in [6, 6.07) is 0. The molecule has 78 valence electrons. The Balaban J connectivity index is 3.68. The summed E-state index contributed by atoms with van der Waals surface area (Å²) in [5, 5.41) is 0. The van der Waals surface area contributed by atoms with Crippen LogP contribution in [0.15, 0.2) is 0 Å². The fourth-order valence-corrected chi connectivity index (χ4v) is 1.38. The summed E-state index contributed by atoms with van der Waals surface area (Å²) in [7, 11) is 1.46. The molecule has 0 aromatic heterocycles. The molecule has 0 bridgehead atoms. The summed E-state index contributed by atoms with van der Waals surface area (Å²) >= 11 is 0. The van der Waals surface area contributed by atoms with Crippen molar-refractivity contribution in [3.63, 3.8) is 0 Å². The van der Waals surface area contributed by atoms with Gasteiger partial charge in [-0.15, -0.1) is 0 Å². The van der Waals surface area contributed by atoms with E-state index in [0.29, 0.717) is 5.92 Å². The number of esters is 1. The highest BCUT2D eigenvalue weighted by molar-refractivity contribution is 5.72. The van der Waals surface area contributed by atoms with Crippen LogP contribution in [0, 0.1) is 11.8 Å². The summed E-state index contributed by atoms with van der Waals surface area (Å²) in [5.41, 5.74) is 0. The van der Waals surface area contributed by atoms with E-state index in [-0.39, 0.29) is 11.9 Å². The van der Waals surface area contributed by atoms with E-state index in [0.717, 1.165) is 6.42 Å². The molecular weight excluding hydrogens is 164 g/mol. The zero-order valence-electron chi connectivity index (χ0n) is 9.30. The zero-order chi connectivity index (χ0) is 10.3. The number of ether oxygens (including phenoxy) is 1. The van der Waals surface area contributed by atoms with E-state index in [1.165, 1.54) is 26.4 Å². The van der Waals surface area contributed by atoms with E-state index >= 15 is 0 Å². The van der Waals surface area contributed by atoms with Gasteiger partial charge in [0, 0.05) is 0 Å². The molecule has 0 radical (unpaired) electrons. The van der Waals surface area contributed by atoms with Crippen molar-refractivity contribution >= 4 is 5.97 Å². The van der Waals surface area contributed by atoms with E-state index in [4.69, 9.17) is 4.74 Å². The number of rotatable bonds is 6. The molecular formula is C11H22O2. The van der Waals surface area contributed by atoms with Crippen LogP contribution < -0.4 is 0 Å². The molecule has 2 atom stereocenters. The second-order valence-corrected chi connectivity index (χ2v) is 3.78. The number of hydrogen-bond acceptors (Lipinski definition) is 2. The van der Waals surface area contributed by atoms with Crippen LogP contribution in [0.3, 0.4) is 0 Å². The van der Waals surface area contributed by atoms with Gasteiger partial charge < -0.3 is 4.74 Å². The molecule has 0 fully saturated rings. The fraction of sp³-hybridized carbons (Fsp3) is 0.909. The standard InChI is InChI=1S/C11H22O2/c1-5-6-7-8-9(2)10(3)11(12)13-4/h9-10H,5-8H2,1-4H3. The van der Waals surface area contributed by atoms with E-state index in [1.807, 2.05) is 6.92 Å². The second-order valence-electron chi connectivity index (χ2n) is 3.78. The molecule has 0 N–H and O–H groups in total. The zero-order valence-corrected chi connectivity index (χ0v) is 9.30. The predicted octanol–water partition coefficient (Wildman–Crippen LogP) is 3.01. The lowest BCUT2D eigenvalue weighted by Gasteiger charge is -2.17. The van der Waals surface area contributed by atoms with Gasteiger partial charge in [0.25, 0.3) is 0 Å². The molecule has 0 amide bonds. The molecule has 2 nitrogen and oxygen atoms in total. The first-order valence-electron chi connectivity index (χ1n) is 5.21. The van der Waals surface area contributed by atoms with Crippen molar-refractivity contribution in [2.75, 3.05) is 7.11 Å². The minimum atomic E-state index is -0.0796. The fourth-order valence-electron chi connectivity index (χ4n) is 1.38. The Morgan fingerprint density at radius 3 is 2.38 bits per heavy atom. The van der Waals surface area contributed by atoms with Crippen LogP contribution in [-0.4, -0.2) is 13.1 Å². The van der Waals surface area contributed by atoms with Crippen LogP contribution >= 0.6 is 0 Å². The van der Waals surface area contributed by atoms with E-state index in [1.54, 1.807) is 0 Å². The maximum atomic E-state index is 11.2. The average Bonchev–Trinajstić information content (AvgIpc) is 2.15. The second kappa shape index (κ2) is 6.93. The van der Waals surface area contributed by atoms with Gasteiger partial charge in [-0.3, -0.25) is 4.79 Å². The van der Waals surface area contributed by atoms with Crippen molar-refractivity contribution in [3.05, 3.63) is 0 Å². The maximum Gasteiger partial charge on any atom is 0.308 e. The highest BCUT2D eigenvalue weighted by Crippen LogP contribution is 2.19. The molecule has 2 unspecified atom stereocenters. The number of carbonyl (C=O) groups is 1. The molecule has 0 rings (SSSR count). The molecule has 0 saturated heterocycles. The Kier molecular flexibility index (Phi) is 6.65. The topological polar surface area (TPSA) is 26.3 Å². The van der Waals surface area contributed by atoms with Crippen LogP contribution in [0.25, 0.3) is 0 Å². The summed E-state index contributed by atoms with van der Waals surface area (Å²) in [4.78, 5) is 11.2. The van der Waals surface area contributed by atoms with Crippen molar-refractivity contribution in [1.82, 2.24) is 0 Å². The Labute approximate surface area is 81.7 Å². The van der Waals surface area contributed by atoms with Crippen molar-refractivity contribution in [1.29, 1.82) is 0 Å². The lowest BCUT2D eigenvalue weighted by molar-refractivity contribution is -0.146. The van der Waals surface area contributed by atoms with Gasteiger partial charge in [-0.1, -0.05) is 40.0 Å². The van der Waals surface area contributed by atoms with E-state index in [2.05, 4.69) is 13.8 Å². The first-order valence-corrected chi connectivity index (χ1v) is 5.21. The van der Waals surface area contributed by atoms with Gasteiger partial charge in [-0.2, -0.15) is 0 Å².